The van der Waals surface area contributed by atoms with Gasteiger partial charge in [0.1, 0.15) is 6.54 Å². The molecule has 0 aliphatic carbocycles. The molecule has 0 saturated heterocycles. The molecule has 0 unspecified atom stereocenters. The number of hydrogen-bond acceptors (Lipinski definition) is 0. The molecule has 2 rings (SSSR count). The highest BCUT2D eigenvalue weighted by atomic mass is 79.9. The lowest BCUT2D eigenvalue weighted by atomic mass is 10.0. The van der Waals surface area contributed by atoms with E-state index in [0.29, 0.717) is 0 Å². The summed E-state index contributed by atoms with van der Waals surface area (Å²) in [5.74, 6) is 0. The summed E-state index contributed by atoms with van der Waals surface area (Å²) in [7, 11) is 0. The number of unbranched alkanes of at least 4 members (excludes halogenated alkanes) is 13. The molecule has 0 spiro atoms. The lowest BCUT2D eigenvalue weighted by Gasteiger charge is -2.02. The van der Waals surface area contributed by atoms with Crippen molar-refractivity contribution in [1.82, 2.24) is 0 Å². The average Bonchev–Trinajstić information content (AvgIpc) is 2.81. The van der Waals surface area contributed by atoms with Gasteiger partial charge in [0.05, 0.1) is 0 Å². The van der Waals surface area contributed by atoms with E-state index in [2.05, 4.69) is 70.1 Å². The minimum Gasteiger partial charge on any atom is -1.00 e. The molecule has 0 atom stereocenters. The first-order chi connectivity index (χ1) is 14.9. The molecule has 0 aliphatic heterocycles. The van der Waals surface area contributed by atoms with Crippen molar-refractivity contribution < 1.29 is 17.0 Å². The second-order valence-electron chi connectivity index (χ2n) is 8.33. The van der Waals surface area contributed by atoms with E-state index in [4.69, 9.17) is 0 Å². The summed E-state index contributed by atoms with van der Waals surface area (Å²) in [6, 6.07) is 16.6. The predicted molar refractivity (Wildman–Crippen MR) is 136 cm³/mol. The van der Waals surface area contributed by atoms with Gasteiger partial charge in [-0.15, -0.1) is 0 Å². The molecular weight excluding hydrogens is 466 g/mol. The Kier molecular flexibility index (Phi) is 23.1. The topological polar surface area (TPSA) is 3.88 Å². The Balaban J connectivity index is 0.000000838. The van der Waals surface area contributed by atoms with Gasteiger partial charge in [0.25, 0.3) is 0 Å². The van der Waals surface area contributed by atoms with Crippen LogP contribution in [0.5, 0.6) is 0 Å². The maximum absolute atomic E-state index is 3.36. The highest BCUT2D eigenvalue weighted by Crippen LogP contribution is 2.12. The third-order valence-corrected chi connectivity index (χ3v) is 6.19. The number of rotatable bonds is 16. The van der Waals surface area contributed by atoms with Crippen LogP contribution >= 0.6 is 15.9 Å². The van der Waals surface area contributed by atoms with E-state index in [9.17, 15) is 0 Å². The van der Waals surface area contributed by atoms with Crippen LogP contribution in [0.25, 0.3) is 0 Å². The van der Waals surface area contributed by atoms with Gasteiger partial charge in [-0.25, -0.2) is 4.57 Å². The molecule has 2 aromatic rings. The Bertz CT molecular complexity index is 576. The summed E-state index contributed by atoms with van der Waals surface area (Å²) in [5.41, 5.74) is 1.33. The van der Waals surface area contributed by atoms with Crippen LogP contribution in [0.2, 0.25) is 0 Å². The van der Waals surface area contributed by atoms with Crippen molar-refractivity contribution in [1.29, 1.82) is 0 Å². The van der Waals surface area contributed by atoms with E-state index < -0.39 is 0 Å². The van der Waals surface area contributed by atoms with Gasteiger partial charge >= 0.3 is 0 Å². The molecule has 176 valence electrons. The van der Waals surface area contributed by atoms with Crippen LogP contribution in [-0.4, -0.2) is 0 Å². The Hall–Kier alpha value is -0.860. The average molecular weight is 511 g/mol. The summed E-state index contributed by atoms with van der Waals surface area (Å²) in [4.78, 5) is 0. The highest BCUT2D eigenvalue weighted by Gasteiger charge is 1.98. The van der Waals surface area contributed by atoms with Crippen molar-refractivity contribution in [2.45, 2.75) is 109 Å². The maximum atomic E-state index is 3.36. The molecule has 0 N–H and O–H groups in total. The number of benzene rings is 1. The quantitative estimate of drug-likeness (QED) is 0.147. The van der Waals surface area contributed by atoms with Gasteiger partial charge < -0.3 is 12.4 Å². The standard InChI is InChI=1S/C21H38N.C7H7Br.ClH/c1-2-3-4-5-6-7-8-9-10-11-12-13-14-16-19-22-20-17-15-18-21-22;8-6-7-4-2-1-3-5-7;/h15,17-18,20-21H,2-14,16,19H2,1H3;1-5H,6H2;1H/q+1;;/p-1. The molecule has 3 heteroatoms. The molecule has 1 aromatic heterocycles. The minimum absolute atomic E-state index is 0. The second kappa shape index (κ2) is 23.8. The molecule has 0 bridgehead atoms. The minimum atomic E-state index is 0. The number of halogens is 2. The Morgan fingerprint density at radius 2 is 1.00 bits per heavy atom. The van der Waals surface area contributed by atoms with Crippen molar-refractivity contribution in [3.63, 3.8) is 0 Å². The number of aryl methyl sites for hydroxylation is 1. The molecule has 0 fully saturated rings. The van der Waals surface area contributed by atoms with Crippen LogP contribution in [-0.2, 0) is 11.9 Å². The fourth-order valence-electron chi connectivity index (χ4n) is 3.64. The van der Waals surface area contributed by atoms with E-state index in [-0.39, 0.29) is 12.4 Å². The van der Waals surface area contributed by atoms with Gasteiger partial charge in [-0.2, -0.15) is 0 Å². The third kappa shape index (κ3) is 19.5. The fraction of sp³-hybridized carbons (Fsp3) is 0.607. The molecule has 1 aromatic carbocycles. The zero-order chi connectivity index (χ0) is 21.5. The summed E-state index contributed by atoms with van der Waals surface area (Å²) < 4.78 is 2.29. The Morgan fingerprint density at radius 3 is 1.42 bits per heavy atom. The van der Waals surface area contributed by atoms with Crippen molar-refractivity contribution in [3.05, 3.63) is 66.5 Å². The fourth-order valence-corrected chi connectivity index (χ4v) is 4.01. The summed E-state index contributed by atoms with van der Waals surface area (Å²) in [6.07, 6.45) is 24.4. The van der Waals surface area contributed by atoms with Gasteiger partial charge in [-0.3, -0.25) is 0 Å². The molecule has 31 heavy (non-hydrogen) atoms. The zero-order valence-electron chi connectivity index (χ0n) is 19.8. The van der Waals surface area contributed by atoms with Gasteiger partial charge in [-0.1, -0.05) is 136 Å². The first-order valence-corrected chi connectivity index (χ1v) is 13.5. The molecule has 0 radical (unpaired) electrons. The van der Waals surface area contributed by atoms with Crippen LogP contribution in [0.4, 0.5) is 0 Å². The second-order valence-corrected chi connectivity index (χ2v) is 8.89. The predicted octanol–water partition coefficient (Wildman–Crippen LogP) is 6.04. The number of alkyl halides is 1. The van der Waals surface area contributed by atoms with Crippen LogP contribution in [0.3, 0.4) is 0 Å². The van der Waals surface area contributed by atoms with Gasteiger partial charge in [0.15, 0.2) is 12.4 Å². The van der Waals surface area contributed by atoms with E-state index in [1.54, 1.807) is 0 Å². The SMILES string of the molecule is BrCc1ccccc1.CCCCCCCCCCCCCCCC[n+]1ccccc1.[Cl-]. The molecule has 1 heterocycles. The van der Waals surface area contributed by atoms with E-state index in [1.807, 2.05) is 18.2 Å². The molecule has 0 amide bonds. The highest BCUT2D eigenvalue weighted by molar-refractivity contribution is 9.08. The molecule has 0 saturated carbocycles. The summed E-state index contributed by atoms with van der Waals surface area (Å²) >= 11 is 3.36. The first-order valence-electron chi connectivity index (χ1n) is 12.4. The van der Waals surface area contributed by atoms with Crippen LogP contribution in [0, 0.1) is 0 Å². The number of hydrogen-bond donors (Lipinski definition) is 0. The van der Waals surface area contributed by atoms with Crippen molar-refractivity contribution in [3.8, 4) is 0 Å². The van der Waals surface area contributed by atoms with Crippen molar-refractivity contribution >= 4 is 15.9 Å². The van der Waals surface area contributed by atoms with Gasteiger partial charge in [-0.05, 0) is 12.0 Å². The lowest BCUT2D eigenvalue weighted by molar-refractivity contribution is -0.697. The van der Waals surface area contributed by atoms with E-state index in [1.165, 1.54) is 102 Å². The molecular formula is C28H45BrClN. The smallest absolute Gasteiger partial charge is 0.168 e. The van der Waals surface area contributed by atoms with Crippen molar-refractivity contribution in [2.75, 3.05) is 0 Å². The van der Waals surface area contributed by atoms with Crippen LogP contribution < -0.4 is 17.0 Å². The van der Waals surface area contributed by atoms with Gasteiger partial charge in [0, 0.05) is 23.9 Å². The normalized spacial score (nSPS) is 10.1. The Labute approximate surface area is 207 Å². The van der Waals surface area contributed by atoms with E-state index >= 15 is 0 Å². The molecule has 1 nitrogen and oxygen atoms in total. The van der Waals surface area contributed by atoms with Crippen LogP contribution in [0.1, 0.15) is 102 Å². The Morgan fingerprint density at radius 1 is 0.581 bits per heavy atom. The number of nitrogens with zero attached hydrogens (tertiary/aromatic N) is 1. The number of aromatic nitrogens is 1. The largest absolute Gasteiger partial charge is 1.00 e. The molecule has 0 aliphatic rings. The van der Waals surface area contributed by atoms with Crippen LogP contribution in [0.15, 0.2) is 60.9 Å². The summed E-state index contributed by atoms with van der Waals surface area (Å²) in [6.45, 7) is 3.47. The zero-order valence-corrected chi connectivity index (χ0v) is 22.1. The maximum Gasteiger partial charge on any atom is 0.168 e. The monoisotopic (exact) mass is 509 g/mol. The summed E-state index contributed by atoms with van der Waals surface area (Å²) in [5, 5.41) is 0.952. The first kappa shape index (κ1) is 30.1. The number of pyridine rings is 1. The van der Waals surface area contributed by atoms with E-state index in [0.717, 1.165) is 5.33 Å². The van der Waals surface area contributed by atoms with Gasteiger partial charge in [0.2, 0.25) is 0 Å². The third-order valence-electron chi connectivity index (χ3n) is 5.54. The van der Waals surface area contributed by atoms with Crippen molar-refractivity contribution in [2.24, 2.45) is 0 Å². The lowest BCUT2D eigenvalue weighted by Crippen LogP contribution is -3.00.